The van der Waals surface area contributed by atoms with E-state index in [1.807, 2.05) is 6.92 Å². The monoisotopic (exact) mass is 196 g/mol. The lowest BCUT2D eigenvalue weighted by atomic mass is 10.2. The lowest BCUT2D eigenvalue weighted by Crippen LogP contribution is -2.29. The minimum atomic E-state index is -0.236. The van der Waals surface area contributed by atoms with Crippen molar-refractivity contribution in [3.05, 3.63) is 16.3 Å². The van der Waals surface area contributed by atoms with E-state index in [9.17, 15) is 4.79 Å². The fourth-order valence-electron chi connectivity index (χ4n) is 2.01. The van der Waals surface area contributed by atoms with Gasteiger partial charge in [-0.25, -0.2) is 9.89 Å². The topological polar surface area (TPSA) is 73.6 Å². The van der Waals surface area contributed by atoms with E-state index in [-0.39, 0.29) is 11.7 Å². The van der Waals surface area contributed by atoms with Crippen LogP contribution in [0.3, 0.4) is 0 Å². The van der Waals surface area contributed by atoms with Crippen LogP contribution in [0.25, 0.3) is 0 Å². The molecule has 5 heteroatoms. The Morgan fingerprint density at radius 2 is 2.21 bits per heavy atom. The molecule has 1 aliphatic carbocycles. The third kappa shape index (κ3) is 2.04. The highest BCUT2D eigenvalue weighted by Crippen LogP contribution is 2.20. The van der Waals surface area contributed by atoms with Crippen LogP contribution in [0.2, 0.25) is 0 Å². The third-order valence-electron chi connectivity index (χ3n) is 2.77. The molecule has 1 fully saturated rings. The van der Waals surface area contributed by atoms with Gasteiger partial charge in [0.25, 0.3) is 0 Å². The van der Waals surface area contributed by atoms with E-state index < -0.39 is 0 Å². The number of rotatable bonds is 3. The molecule has 14 heavy (non-hydrogen) atoms. The van der Waals surface area contributed by atoms with Gasteiger partial charge >= 0.3 is 5.69 Å². The van der Waals surface area contributed by atoms with Crippen molar-refractivity contribution >= 4 is 0 Å². The van der Waals surface area contributed by atoms with E-state index in [4.69, 9.17) is 0 Å². The van der Waals surface area contributed by atoms with Gasteiger partial charge < -0.3 is 5.32 Å². The van der Waals surface area contributed by atoms with Crippen molar-refractivity contribution < 1.29 is 0 Å². The van der Waals surface area contributed by atoms with Crippen LogP contribution in [0.15, 0.2) is 4.79 Å². The van der Waals surface area contributed by atoms with Crippen LogP contribution >= 0.6 is 0 Å². The predicted octanol–water partition coefficient (Wildman–Crippen LogP) is 0.691. The molecular formula is C9H16N4O. The molecule has 2 rings (SSSR count). The summed E-state index contributed by atoms with van der Waals surface area (Å²) in [4.78, 5) is 13.5. The van der Waals surface area contributed by atoms with E-state index in [1.165, 1.54) is 25.7 Å². The van der Waals surface area contributed by atoms with Crippen LogP contribution in [0.5, 0.6) is 0 Å². The maximum absolute atomic E-state index is 10.8. The standard InChI is InChI=1S/C9H16N4O/c1-6(8-11-9(14)13-12-8)10-7-4-2-3-5-7/h6-7,10H,2-5H2,1H3,(H2,11,12,13,14). The Balaban J connectivity index is 1.94. The van der Waals surface area contributed by atoms with Gasteiger partial charge in [-0.3, -0.25) is 4.98 Å². The summed E-state index contributed by atoms with van der Waals surface area (Å²) < 4.78 is 0. The van der Waals surface area contributed by atoms with E-state index in [2.05, 4.69) is 20.5 Å². The third-order valence-corrected chi connectivity index (χ3v) is 2.77. The molecule has 3 N–H and O–H groups in total. The average Bonchev–Trinajstić information content (AvgIpc) is 2.75. The van der Waals surface area contributed by atoms with Crippen molar-refractivity contribution in [2.45, 2.75) is 44.7 Å². The number of nitrogens with one attached hydrogen (secondary N) is 3. The van der Waals surface area contributed by atoms with Gasteiger partial charge in [0.1, 0.15) is 5.82 Å². The summed E-state index contributed by atoms with van der Waals surface area (Å²) in [7, 11) is 0. The molecule has 1 aromatic rings. The van der Waals surface area contributed by atoms with Crippen molar-refractivity contribution in [3.8, 4) is 0 Å². The van der Waals surface area contributed by atoms with Crippen LogP contribution < -0.4 is 11.0 Å². The van der Waals surface area contributed by atoms with E-state index in [1.54, 1.807) is 0 Å². The van der Waals surface area contributed by atoms with Crippen LogP contribution in [0.1, 0.15) is 44.5 Å². The number of hydrogen-bond donors (Lipinski definition) is 3. The average molecular weight is 196 g/mol. The second-order valence-electron chi connectivity index (χ2n) is 3.93. The number of nitrogens with zero attached hydrogens (tertiary/aromatic N) is 1. The fraction of sp³-hybridized carbons (Fsp3) is 0.778. The number of aromatic amines is 2. The van der Waals surface area contributed by atoms with Gasteiger partial charge in [-0.15, -0.1) is 0 Å². The fourth-order valence-corrected chi connectivity index (χ4v) is 2.01. The number of H-pyrrole nitrogens is 2. The Labute approximate surface area is 82.3 Å². The van der Waals surface area contributed by atoms with Gasteiger partial charge in [-0.2, -0.15) is 5.10 Å². The molecule has 0 aliphatic heterocycles. The Kier molecular flexibility index (Phi) is 2.67. The molecule has 0 radical (unpaired) electrons. The summed E-state index contributed by atoms with van der Waals surface area (Å²) in [5, 5.41) is 9.73. The van der Waals surface area contributed by atoms with Crippen molar-refractivity contribution in [1.82, 2.24) is 20.5 Å². The van der Waals surface area contributed by atoms with Gasteiger partial charge in [-0.05, 0) is 19.8 Å². The minimum absolute atomic E-state index is 0.122. The van der Waals surface area contributed by atoms with E-state index in [0.29, 0.717) is 11.9 Å². The second kappa shape index (κ2) is 3.96. The lowest BCUT2D eigenvalue weighted by molar-refractivity contribution is 0.448. The first kappa shape index (κ1) is 9.45. The summed E-state index contributed by atoms with van der Waals surface area (Å²) in [6, 6.07) is 0.710. The zero-order valence-corrected chi connectivity index (χ0v) is 8.34. The Hall–Kier alpha value is -1.10. The molecule has 78 valence electrons. The zero-order chi connectivity index (χ0) is 9.97. The van der Waals surface area contributed by atoms with Crippen LogP contribution in [0, 0.1) is 0 Å². The molecule has 1 aliphatic rings. The zero-order valence-electron chi connectivity index (χ0n) is 8.34. The SMILES string of the molecule is CC(NC1CCCC1)c1n[nH]c(=O)[nH]1. The summed E-state index contributed by atoms with van der Waals surface area (Å²) in [6.07, 6.45) is 5.08. The van der Waals surface area contributed by atoms with E-state index in [0.717, 1.165) is 0 Å². The van der Waals surface area contributed by atoms with Crippen molar-refractivity contribution in [2.24, 2.45) is 0 Å². The van der Waals surface area contributed by atoms with Crippen LogP contribution in [-0.2, 0) is 0 Å². The highest BCUT2D eigenvalue weighted by molar-refractivity contribution is 4.91. The summed E-state index contributed by atoms with van der Waals surface area (Å²) in [5.41, 5.74) is -0.236. The molecule has 0 amide bonds. The summed E-state index contributed by atoms with van der Waals surface area (Å²) in [6.45, 7) is 2.02. The Morgan fingerprint density at radius 1 is 1.50 bits per heavy atom. The van der Waals surface area contributed by atoms with Crippen LogP contribution in [0.4, 0.5) is 0 Å². The molecule has 5 nitrogen and oxygen atoms in total. The molecule has 1 unspecified atom stereocenters. The smallest absolute Gasteiger partial charge is 0.305 e. The summed E-state index contributed by atoms with van der Waals surface area (Å²) in [5.74, 6) is 0.696. The van der Waals surface area contributed by atoms with Crippen molar-refractivity contribution in [1.29, 1.82) is 0 Å². The van der Waals surface area contributed by atoms with Crippen LogP contribution in [-0.4, -0.2) is 21.2 Å². The second-order valence-corrected chi connectivity index (χ2v) is 3.93. The molecule has 1 atom stereocenters. The Bertz CT molecular complexity index is 337. The van der Waals surface area contributed by atoms with Crippen molar-refractivity contribution in [2.75, 3.05) is 0 Å². The maximum Gasteiger partial charge on any atom is 0.340 e. The van der Waals surface area contributed by atoms with E-state index >= 15 is 0 Å². The first-order chi connectivity index (χ1) is 6.75. The Morgan fingerprint density at radius 3 is 2.79 bits per heavy atom. The molecule has 0 spiro atoms. The molecular weight excluding hydrogens is 180 g/mol. The summed E-state index contributed by atoms with van der Waals surface area (Å²) >= 11 is 0. The molecule has 0 bridgehead atoms. The maximum atomic E-state index is 10.8. The van der Waals surface area contributed by atoms with Gasteiger partial charge in [0.05, 0.1) is 6.04 Å². The predicted molar refractivity (Wildman–Crippen MR) is 53.0 cm³/mol. The molecule has 1 saturated carbocycles. The highest BCUT2D eigenvalue weighted by Gasteiger charge is 2.18. The highest BCUT2D eigenvalue weighted by atomic mass is 16.1. The van der Waals surface area contributed by atoms with Gasteiger partial charge in [0.2, 0.25) is 0 Å². The van der Waals surface area contributed by atoms with Gasteiger partial charge in [-0.1, -0.05) is 12.8 Å². The van der Waals surface area contributed by atoms with Gasteiger partial charge in [0, 0.05) is 6.04 Å². The first-order valence-electron chi connectivity index (χ1n) is 5.16. The molecule has 1 heterocycles. The molecule has 0 saturated heterocycles. The molecule has 0 aromatic carbocycles. The van der Waals surface area contributed by atoms with Crippen molar-refractivity contribution in [3.63, 3.8) is 0 Å². The number of aromatic nitrogens is 3. The minimum Gasteiger partial charge on any atom is -0.305 e. The van der Waals surface area contributed by atoms with Gasteiger partial charge in [0.15, 0.2) is 0 Å². The molecule has 1 aromatic heterocycles. The lowest BCUT2D eigenvalue weighted by Gasteiger charge is -2.16. The first-order valence-corrected chi connectivity index (χ1v) is 5.16. The quantitative estimate of drug-likeness (QED) is 0.666. The largest absolute Gasteiger partial charge is 0.340 e. The number of hydrogen-bond acceptors (Lipinski definition) is 3. The normalized spacial score (nSPS) is 20.1.